The van der Waals surface area contributed by atoms with Gasteiger partial charge in [-0.3, -0.25) is 9.59 Å². The largest absolute Gasteiger partial charge is 0.469 e. The fourth-order valence-corrected chi connectivity index (χ4v) is 2.60. The van der Waals surface area contributed by atoms with Gasteiger partial charge in [0, 0.05) is 4.88 Å². The normalized spacial score (nSPS) is 11.9. The number of rotatable bonds is 5. The number of amides is 1. The summed E-state index contributed by atoms with van der Waals surface area (Å²) >= 11 is 1.48. The molecule has 0 spiro atoms. The van der Waals surface area contributed by atoms with Gasteiger partial charge in [0.15, 0.2) is 0 Å². The van der Waals surface area contributed by atoms with Gasteiger partial charge >= 0.3 is 5.97 Å². The van der Waals surface area contributed by atoms with Gasteiger partial charge in [-0.1, -0.05) is 6.07 Å². The lowest BCUT2D eigenvalue weighted by atomic mass is 10.1. The summed E-state index contributed by atoms with van der Waals surface area (Å²) in [6.45, 7) is 1.72. The number of furan rings is 1. The number of thiophene rings is 1. The molecule has 0 radical (unpaired) electrons. The third-order valence-electron chi connectivity index (χ3n) is 2.89. The number of carbonyl (C=O) groups is 2. The molecule has 106 valence electrons. The van der Waals surface area contributed by atoms with Crippen LogP contribution in [0.5, 0.6) is 0 Å². The molecule has 0 fully saturated rings. The zero-order valence-electron chi connectivity index (χ0n) is 11.2. The van der Waals surface area contributed by atoms with E-state index in [0.717, 1.165) is 4.88 Å². The molecule has 0 aliphatic heterocycles. The van der Waals surface area contributed by atoms with Gasteiger partial charge in [-0.15, -0.1) is 11.3 Å². The monoisotopic (exact) mass is 293 g/mol. The second-order valence-electron chi connectivity index (χ2n) is 4.21. The number of hydrogen-bond acceptors (Lipinski definition) is 5. The number of aryl methyl sites for hydroxylation is 1. The second-order valence-corrected chi connectivity index (χ2v) is 5.19. The Balaban J connectivity index is 2.14. The van der Waals surface area contributed by atoms with Crippen molar-refractivity contribution in [3.05, 3.63) is 46.0 Å². The number of carbonyl (C=O) groups excluding carboxylic acids is 2. The molecule has 0 saturated carbocycles. The lowest BCUT2D eigenvalue weighted by molar-refractivity contribution is -0.141. The van der Waals surface area contributed by atoms with Crippen LogP contribution in [0, 0.1) is 6.92 Å². The van der Waals surface area contributed by atoms with E-state index in [-0.39, 0.29) is 18.3 Å². The van der Waals surface area contributed by atoms with Crippen LogP contribution >= 0.6 is 11.3 Å². The maximum atomic E-state index is 12.2. The van der Waals surface area contributed by atoms with Gasteiger partial charge in [0.2, 0.25) is 0 Å². The molecule has 0 saturated heterocycles. The Morgan fingerprint density at radius 3 is 2.80 bits per heavy atom. The number of esters is 1. The summed E-state index contributed by atoms with van der Waals surface area (Å²) in [6, 6.07) is 4.96. The Morgan fingerprint density at radius 2 is 2.25 bits per heavy atom. The van der Waals surface area contributed by atoms with Crippen molar-refractivity contribution in [3.8, 4) is 0 Å². The first-order valence-corrected chi connectivity index (χ1v) is 6.95. The first kappa shape index (κ1) is 14.3. The highest BCUT2D eigenvalue weighted by Gasteiger charge is 2.21. The number of ether oxygens (including phenoxy) is 1. The summed E-state index contributed by atoms with van der Waals surface area (Å²) in [5.41, 5.74) is 0.469. The number of methoxy groups -OCH3 is 1. The van der Waals surface area contributed by atoms with Crippen molar-refractivity contribution < 1.29 is 18.7 Å². The Kier molecular flexibility index (Phi) is 4.57. The van der Waals surface area contributed by atoms with Crippen LogP contribution < -0.4 is 5.32 Å². The molecule has 1 N–H and O–H groups in total. The molecule has 6 heteroatoms. The molecule has 20 heavy (non-hydrogen) atoms. The van der Waals surface area contributed by atoms with Crippen molar-refractivity contribution in [1.82, 2.24) is 5.32 Å². The topological polar surface area (TPSA) is 68.5 Å². The molecule has 2 aromatic heterocycles. The highest BCUT2D eigenvalue weighted by molar-refractivity contribution is 7.10. The summed E-state index contributed by atoms with van der Waals surface area (Å²) < 4.78 is 9.78. The van der Waals surface area contributed by atoms with E-state index in [2.05, 4.69) is 10.1 Å². The Hall–Kier alpha value is -2.08. The van der Waals surface area contributed by atoms with Gasteiger partial charge in [-0.2, -0.15) is 0 Å². The smallest absolute Gasteiger partial charge is 0.307 e. The maximum Gasteiger partial charge on any atom is 0.307 e. The minimum Gasteiger partial charge on any atom is -0.469 e. The molecule has 0 aromatic carbocycles. The van der Waals surface area contributed by atoms with E-state index in [0.29, 0.717) is 11.3 Å². The summed E-state index contributed by atoms with van der Waals surface area (Å²) in [5, 5.41) is 4.74. The zero-order valence-corrected chi connectivity index (χ0v) is 12.0. The first-order chi connectivity index (χ1) is 9.61. The molecule has 1 amide bonds. The summed E-state index contributed by atoms with van der Waals surface area (Å²) in [4.78, 5) is 24.6. The van der Waals surface area contributed by atoms with E-state index in [9.17, 15) is 9.59 Å². The van der Waals surface area contributed by atoms with Gasteiger partial charge < -0.3 is 14.5 Å². The summed E-state index contributed by atoms with van der Waals surface area (Å²) in [7, 11) is 1.33. The predicted octanol–water partition coefficient (Wildman–Crippen LogP) is 2.68. The standard InChI is InChI=1S/C14H15NO4S/c1-9-10(5-6-19-9)14(17)15-11(8-13(16)18-2)12-4-3-7-20-12/h3-7,11H,8H2,1-2H3,(H,15,17). The number of nitrogens with one attached hydrogen (secondary N) is 1. The predicted molar refractivity (Wildman–Crippen MR) is 74.6 cm³/mol. The maximum absolute atomic E-state index is 12.2. The zero-order chi connectivity index (χ0) is 14.5. The molecule has 2 rings (SSSR count). The van der Waals surface area contributed by atoms with Crippen molar-refractivity contribution in [2.45, 2.75) is 19.4 Å². The van der Waals surface area contributed by atoms with Crippen molar-refractivity contribution in [1.29, 1.82) is 0 Å². The van der Waals surface area contributed by atoms with Gasteiger partial charge in [-0.05, 0) is 24.4 Å². The van der Waals surface area contributed by atoms with Crippen molar-refractivity contribution in [2.24, 2.45) is 0 Å². The Morgan fingerprint density at radius 1 is 1.45 bits per heavy atom. The fraction of sp³-hybridized carbons (Fsp3) is 0.286. The van der Waals surface area contributed by atoms with E-state index in [1.54, 1.807) is 13.0 Å². The van der Waals surface area contributed by atoms with Crippen molar-refractivity contribution >= 4 is 23.2 Å². The molecule has 0 aliphatic carbocycles. The van der Waals surface area contributed by atoms with Crippen LogP contribution in [0.1, 0.15) is 33.5 Å². The molecule has 2 aromatic rings. The van der Waals surface area contributed by atoms with Crippen LogP contribution in [0.2, 0.25) is 0 Å². The van der Waals surface area contributed by atoms with Crippen LogP contribution in [0.3, 0.4) is 0 Å². The Labute approximate surface area is 120 Å². The minimum absolute atomic E-state index is 0.0969. The van der Waals surface area contributed by atoms with E-state index in [1.165, 1.54) is 24.7 Å². The summed E-state index contributed by atoms with van der Waals surface area (Å²) in [5.74, 6) is -0.0864. The van der Waals surface area contributed by atoms with Crippen LogP contribution in [0.15, 0.2) is 34.3 Å². The highest BCUT2D eigenvalue weighted by atomic mass is 32.1. The van der Waals surface area contributed by atoms with Crippen LogP contribution in [-0.4, -0.2) is 19.0 Å². The summed E-state index contributed by atoms with van der Waals surface area (Å²) in [6.07, 6.45) is 1.56. The van der Waals surface area contributed by atoms with Crippen LogP contribution in [0.4, 0.5) is 0 Å². The third kappa shape index (κ3) is 3.27. The third-order valence-corrected chi connectivity index (χ3v) is 3.88. The van der Waals surface area contributed by atoms with Crippen LogP contribution in [0.25, 0.3) is 0 Å². The average molecular weight is 293 g/mol. The van der Waals surface area contributed by atoms with Gasteiger partial charge in [0.1, 0.15) is 5.76 Å². The van der Waals surface area contributed by atoms with E-state index in [4.69, 9.17) is 4.42 Å². The highest BCUT2D eigenvalue weighted by Crippen LogP contribution is 2.23. The number of hydrogen-bond donors (Lipinski definition) is 1. The molecular formula is C14H15NO4S. The molecule has 5 nitrogen and oxygen atoms in total. The van der Waals surface area contributed by atoms with Gasteiger partial charge in [0.25, 0.3) is 5.91 Å². The second kappa shape index (κ2) is 6.38. The lowest BCUT2D eigenvalue weighted by Gasteiger charge is -2.16. The molecule has 1 unspecified atom stereocenters. The minimum atomic E-state index is -0.399. The lowest BCUT2D eigenvalue weighted by Crippen LogP contribution is -2.30. The molecule has 1 atom stereocenters. The first-order valence-electron chi connectivity index (χ1n) is 6.07. The van der Waals surface area contributed by atoms with Crippen molar-refractivity contribution in [2.75, 3.05) is 7.11 Å². The quantitative estimate of drug-likeness (QED) is 0.861. The molecule has 0 bridgehead atoms. The Bertz CT molecular complexity index is 588. The fourth-order valence-electron chi connectivity index (χ4n) is 1.82. The van der Waals surface area contributed by atoms with Crippen molar-refractivity contribution in [3.63, 3.8) is 0 Å². The average Bonchev–Trinajstić information content (AvgIpc) is 3.08. The SMILES string of the molecule is COC(=O)CC(NC(=O)c1ccoc1C)c1cccs1. The van der Waals surface area contributed by atoms with E-state index >= 15 is 0 Å². The van der Waals surface area contributed by atoms with Gasteiger partial charge in [-0.25, -0.2) is 0 Å². The van der Waals surface area contributed by atoms with E-state index < -0.39 is 6.04 Å². The van der Waals surface area contributed by atoms with Crippen LogP contribution in [-0.2, 0) is 9.53 Å². The van der Waals surface area contributed by atoms with E-state index in [1.807, 2.05) is 17.5 Å². The molecule has 0 aliphatic rings. The molecule has 2 heterocycles. The van der Waals surface area contributed by atoms with Gasteiger partial charge in [0.05, 0.1) is 31.4 Å². The molecular weight excluding hydrogens is 278 g/mol.